The molecule has 3 N–H and O–H groups in total. The molecular formula is C11H13N3O3S. The minimum absolute atomic E-state index is 0.112. The SMILES string of the molecule is NS(=O)(=O)c1cccc(CNCc2cnco2)c1. The zero-order chi connectivity index (χ0) is 13.0. The Morgan fingerprint density at radius 2 is 2.17 bits per heavy atom. The average molecular weight is 267 g/mol. The lowest BCUT2D eigenvalue weighted by Gasteiger charge is -2.04. The Kier molecular flexibility index (Phi) is 3.75. The fraction of sp³-hybridized carbons (Fsp3) is 0.182. The Balaban J connectivity index is 1.98. The van der Waals surface area contributed by atoms with Crippen molar-refractivity contribution in [1.82, 2.24) is 10.3 Å². The maximum Gasteiger partial charge on any atom is 0.238 e. The van der Waals surface area contributed by atoms with Crippen LogP contribution in [0.15, 0.2) is 46.2 Å². The molecular weight excluding hydrogens is 254 g/mol. The second-order valence-corrected chi connectivity index (χ2v) is 5.33. The standard InChI is InChI=1S/C11H13N3O3S/c12-18(15,16)11-3-1-2-9(4-11)5-13-6-10-7-14-8-17-10/h1-4,7-8,13H,5-6H2,(H2,12,15,16). The Hall–Kier alpha value is -1.70. The summed E-state index contributed by atoms with van der Waals surface area (Å²) in [6.07, 6.45) is 2.98. The van der Waals surface area contributed by atoms with Crippen molar-refractivity contribution < 1.29 is 12.8 Å². The number of sulfonamides is 1. The molecule has 0 saturated heterocycles. The van der Waals surface area contributed by atoms with Gasteiger partial charge < -0.3 is 9.73 Å². The first kappa shape index (κ1) is 12.7. The van der Waals surface area contributed by atoms with Gasteiger partial charge in [0.1, 0.15) is 5.76 Å². The quantitative estimate of drug-likeness (QED) is 0.827. The van der Waals surface area contributed by atoms with Gasteiger partial charge in [-0.05, 0) is 17.7 Å². The third-order valence-corrected chi connectivity index (χ3v) is 3.25. The number of primary sulfonamides is 1. The van der Waals surface area contributed by atoms with Gasteiger partial charge in [-0.15, -0.1) is 0 Å². The van der Waals surface area contributed by atoms with Gasteiger partial charge in [-0.1, -0.05) is 12.1 Å². The molecule has 0 spiro atoms. The number of rotatable bonds is 5. The van der Waals surface area contributed by atoms with Crippen LogP contribution in [0.2, 0.25) is 0 Å². The molecule has 2 rings (SSSR count). The third-order valence-electron chi connectivity index (χ3n) is 2.34. The van der Waals surface area contributed by atoms with Crippen LogP contribution in [0, 0.1) is 0 Å². The summed E-state index contributed by atoms with van der Waals surface area (Å²) in [5.74, 6) is 0.720. The third kappa shape index (κ3) is 3.39. The van der Waals surface area contributed by atoms with E-state index >= 15 is 0 Å². The number of oxazole rings is 1. The van der Waals surface area contributed by atoms with Gasteiger partial charge >= 0.3 is 0 Å². The Morgan fingerprint density at radius 1 is 1.33 bits per heavy atom. The van der Waals surface area contributed by atoms with E-state index in [0.717, 1.165) is 11.3 Å². The maximum absolute atomic E-state index is 11.2. The van der Waals surface area contributed by atoms with Crippen molar-refractivity contribution in [3.8, 4) is 0 Å². The zero-order valence-electron chi connectivity index (χ0n) is 9.54. The number of hydrogen-bond acceptors (Lipinski definition) is 5. The largest absolute Gasteiger partial charge is 0.447 e. The number of nitrogens with one attached hydrogen (secondary N) is 1. The highest BCUT2D eigenvalue weighted by molar-refractivity contribution is 7.89. The number of hydrogen-bond donors (Lipinski definition) is 2. The highest BCUT2D eigenvalue weighted by Gasteiger charge is 2.07. The molecule has 0 aliphatic rings. The van der Waals surface area contributed by atoms with E-state index in [1.165, 1.54) is 12.5 Å². The summed E-state index contributed by atoms with van der Waals surface area (Å²) in [6, 6.07) is 6.49. The molecule has 1 aromatic carbocycles. The van der Waals surface area contributed by atoms with Crippen LogP contribution in [0.3, 0.4) is 0 Å². The number of nitrogens with zero attached hydrogens (tertiary/aromatic N) is 1. The van der Waals surface area contributed by atoms with E-state index in [4.69, 9.17) is 9.56 Å². The van der Waals surface area contributed by atoms with Crippen molar-refractivity contribution in [2.45, 2.75) is 18.0 Å². The zero-order valence-corrected chi connectivity index (χ0v) is 10.4. The lowest BCUT2D eigenvalue weighted by atomic mass is 10.2. The molecule has 0 bridgehead atoms. The predicted octanol–water partition coefficient (Wildman–Crippen LogP) is 0.612. The maximum atomic E-state index is 11.2. The van der Waals surface area contributed by atoms with Crippen molar-refractivity contribution in [3.05, 3.63) is 48.2 Å². The molecule has 18 heavy (non-hydrogen) atoms. The molecule has 0 fully saturated rings. The lowest BCUT2D eigenvalue weighted by Crippen LogP contribution is -2.15. The van der Waals surface area contributed by atoms with Crippen LogP contribution in [-0.4, -0.2) is 13.4 Å². The minimum Gasteiger partial charge on any atom is -0.447 e. The molecule has 0 saturated carbocycles. The summed E-state index contributed by atoms with van der Waals surface area (Å²) < 4.78 is 27.4. The molecule has 2 aromatic rings. The molecule has 0 radical (unpaired) electrons. The summed E-state index contributed by atoms with van der Waals surface area (Å²) in [7, 11) is -3.65. The van der Waals surface area contributed by atoms with Crippen LogP contribution < -0.4 is 10.5 Å². The van der Waals surface area contributed by atoms with Gasteiger partial charge in [-0.3, -0.25) is 0 Å². The Labute approximate surface area is 105 Å². The van der Waals surface area contributed by atoms with Gasteiger partial charge in [0, 0.05) is 6.54 Å². The topological polar surface area (TPSA) is 98.2 Å². The molecule has 1 heterocycles. The van der Waals surface area contributed by atoms with Gasteiger partial charge in [0.2, 0.25) is 10.0 Å². The van der Waals surface area contributed by atoms with Crippen LogP contribution in [0.4, 0.5) is 0 Å². The smallest absolute Gasteiger partial charge is 0.238 e. The first-order chi connectivity index (χ1) is 8.55. The van der Waals surface area contributed by atoms with E-state index in [-0.39, 0.29) is 4.90 Å². The number of nitrogens with two attached hydrogens (primary N) is 1. The molecule has 0 atom stereocenters. The van der Waals surface area contributed by atoms with Crippen molar-refractivity contribution in [2.75, 3.05) is 0 Å². The molecule has 0 aliphatic carbocycles. The summed E-state index contributed by atoms with van der Waals surface area (Å²) in [5.41, 5.74) is 0.834. The lowest BCUT2D eigenvalue weighted by molar-refractivity contribution is 0.479. The molecule has 1 aromatic heterocycles. The second kappa shape index (κ2) is 5.30. The first-order valence-electron chi connectivity index (χ1n) is 5.25. The second-order valence-electron chi connectivity index (χ2n) is 3.76. The fourth-order valence-electron chi connectivity index (χ4n) is 1.49. The molecule has 0 aliphatic heterocycles. The van der Waals surface area contributed by atoms with E-state index in [2.05, 4.69) is 10.3 Å². The Morgan fingerprint density at radius 3 is 2.83 bits per heavy atom. The van der Waals surface area contributed by atoms with Crippen LogP contribution in [0.5, 0.6) is 0 Å². The summed E-state index contributed by atoms with van der Waals surface area (Å²) in [6.45, 7) is 1.05. The van der Waals surface area contributed by atoms with E-state index in [0.29, 0.717) is 13.1 Å². The first-order valence-corrected chi connectivity index (χ1v) is 6.80. The van der Waals surface area contributed by atoms with E-state index in [9.17, 15) is 8.42 Å². The minimum atomic E-state index is -3.65. The molecule has 6 nitrogen and oxygen atoms in total. The van der Waals surface area contributed by atoms with E-state index in [1.54, 1.807) is 18.3 Å². The van der Waals surface area contributed by atoms with Crippen LogP contribution in [-0.2, 0) is 23.1 Å². The van der Waals surface area contributed by atoms with Crippen molar-refractivity contribution in [3.63, 3.8) is 0 Å². The normalized spacial score (nSPS) is 11.6. The van der Waals surface area contributed by atoms with Gasteiger partial charge in [-0.2, -0.15) is 0 Å². The van der Waals surface area contributed by atoms with Gasteiger partial charge in [0.25, 0.3) is 0 Å². The molecule has 0 amide bonds. The predicted molar refractivity (Wildman–Crippen MR) is 64.9 cm³/mol. The summed E-state index contributed by atoms with van der Waals surface area (Å²) in [5, 5.41) is 8.17. The van der Waals surface area contributed by atoms with Crippen LogP contribution >= 0.6 is 0 Å². The summed E-state index contributed by atoms with van der Waals surface area (Å²) >= 11 is 0. The number of aromatic nitrogens is 1. The summed E-state index contributed by atoms with van der Waals surface area (Å²) in [4.78, 5) is 3.90. The molecule has 96 valence electrons. The van der Waals surface area contributed by atoms with Crippen LogP contribution in [0.25, 0.3) is 0 Å². The van der Waals surface area contributed by atoms with Gasteiger partial charge in [0.15, 0.2) is 6.39 Å². The van der Waals surface area contributed by atoms with Gasteiger partial charge in [0.05, 0.1) is 17.6 Å². The number of benzene rings is 1. The van der Waals surface area contributed by atoms with Gasteiger partial charge in [-0.25, -0.2) is 18.5 Å². The highest BCUT2D eigenvalue weighted by atomic mass is 32.2. The van der Waals surface area contributed by atoms with E-state index < -0.39 is 10.0 Å². The van der Waals surface area contributed by atoms with Crippen LogP contribution in [0.1, 0.15) is 11.3 Å². The monoisotopic (exact) mass is 267 g/mol. The van der Waals surface area contributed by atoms with Crippen molar-refractivity contribution >= 4 is 10.0 Å². The molecule has 0 unspecified atom stereocenters. The van der Waals surface area contributed by atoms with E-state index in [1.807, 2.05) is 6.07 Å². The fourth-order valence-corrected chi connectivity index (χ4v) is 2.08. The van der Waals surface area contributed by atoms with Crippen molar-refractivity contribution in [2.24, 2.45) is 5.14 Å². The highest BCUT2D eigenvalue weighted by Crippen LogP contribution is 2.09. The average Bonchev–Trinajstić information content (AvgIpc) is 2.81. The molecule has 7 heteroatoms. The van der Waals surface area contributed by atoms with Crippen molar-refractivity contribution in [1.29, 1.82) is 0 Å². The Bertz CT molecular complexity index is 608.